The predicted molar refractivity (Wildman–Crippen MR) is 115 cm³/mol. The van der Waals surface area contributed by atoms with Crippen LogP contribution in [0, 0.1) is 0 Å². The van der Waals surface area contributed by atoms with Crippen LogP contribution in [-0.4, -0.2) is 74.3 Å². The molecule has 3 heterocycles. The average Bonchev–Trinajstić information content (AvgIpc) is 3.34. The highest BCUT2D eigenvalue weighted by atomic mass is 32.2. The molecule has 0 radical (unpaired) electrons. The van der Waals surface area contributed by atoms with Gasteiger partial charge in [0, 0.05) is 23.9 Å². The first kappa shape index (κ1) is 21.5. The SMILES string of the molecule is COc1cc(-c2cc(C(=O)N3C4CCC3CC(S(C)(=O)=O)C4)[nH]n2)cc(OC)c1OC. The van der Waals surface area contributed by atoms with Crippen molar-refractivity contribution >= 4 is 15.7 Å². The normalized spacial score (nSPS) is 23.0. The van der Waals surface area contributed by atoms with Crippen LogP contribution in [0.25, 0.3) is 11.3 Å². The Kier molecular flexibility index (Phi) is 5.59. The molecule has 0 spiro atoms. The molecular weight excluding hydrogens is 422 g/mol. The van der Waals surface area contributed by atoms with Crippen molar-refractivity contribution in [1.29, 1.82) is 0 Å². The Morgan fingerprint density at radius 2 is 1.61 bits per heavy atom. The first-order valence-corrected chi connectivity index (χ1v) is 12.1. The minimum atomic E-state index is -3.11. The first-order valence-electron chi connectivity index (χ1n) is 10.1. The van der Waals surface area contributed by atoms with E-state index in [9.17, 15) is 13.2 Å². The minimum Gasteiger partial charge on any atom is -0.493 e. The van der Waals surface area contributed by atoms with Crippen LogP contribution in [-0.2, 0) is 9.84 Å². The highest BCUT2D eigenvalue weighted by Gasteiger charge is 2.46. The van der Waals surface area contributed by atoms with Crippen molar-refractivity contribution in [2.75, 3.05) is 27.6 Å². The molecule has 2 fully saturated rings. The quantitative estimate of drug-likeness (QED) is 0.720. The van der Waals surface area contributed by atoms with Crippen LogP contribution in [0.3, 0.4) is 0 Å². The maximum Gasteiger partial charge on any atom is 0.272 e. The van der Waals surface area contributed by atoms with E-state index in [4.69, 9.17) is 14.2 Å². The summed E-state index contributed by atoms with van der Waals surface area (Å²) in [4.78, 5) is 15.1. The van der Waals surface area contributed by atoms with E-state index < -0.39 is 9.84 Å². The molecule has 9 nitrogen and oxygen atoms in total. The lowest BCUT2D eigenvalue weighted by molar-refractivity contribution is 0.0592. The molecule has 1 aromatic carbocycles. The van der Waals surface area contributed by atoms with Gasteiger partial charge in [0.25, 0.3) is 5.91 Å². The summed E-state index contributed by atoms with van der Waals surface area (Å²) in [6.45, 7) is 0. The zero-order valence-electron chi connectivity index (χ0n) is 18.0. The number of piperidine rings is 1. The molecule has 2 saturated heterocycles. The van der Waals surface area contributed by atoms with Crippen molar-refractivity contribution in [1.82, 2.24) is 15.1 Å². The maximum atomic E-state index is 13.2. The lowest BCUT2D eigenvalue weighted by Gasteiger charge is -2.38. The molecule has 168 valence electrons. The number of sulfone groups is 1. The zero-order valence-corrected chi connectivity index (χ0v) is 18.9. The highest BCUT2D eigenvalue weighted by molar-refractivity contribution is 7.91. The van der Waals surface area contributed by atoms with E-state index in [1.807, 2.05) is 4.90 Å². The van der Waals surface area contributed by atoms with Crippen molar-refractivity contribution in [3.63, 3.8) is 0 Å². The molecule has 2 aliphatic rings. The average molecular weight is 450 g/mol. The number of carbonyl (C=O) groups excluding carboxylic acids is 1. The van der Waals surface area contributed by atoms with Crippen LogP contribution in [0.5, 0.6) is 17.2 Å². The summed E-state index contributed by atoms with van der Waals surface area (Å²) in [5.41, 5.74) is 1.66. The van der Waals surface area contributed by atoms with Crippen molar-refractivity contribution in [2.45, 2.75) is 43.0 Å². The Morgan fingerprint density at radius 3 is 2.10 bits per heavy atom. The second kappa shape index (κ2) is 8.07. The standard InChI is InChI=1S/C21H27N3O6S/c1-28-18-7-12(8-19(29-2)20(18)30-3)16-11-17(23-22-16)21(25)24-13-5-6-14(24)10-15(9-13)31(4,26)27/h7-8,11,13-15H,5-6,9-10H2,1-4H3,(H,22,23). The molecule has 0 saturated carbocycles. The number of amides is 1. The van der Waals surface area contributed by atoms with E-state index in [0.29, 0.717) is 47.0 Å². The first-order chi connectivity index (χ1) is 14.8. The van der Waals surface area contributed by atoms with Gasteiger partial charge in [0.05, 0.1) is 32.3 Å². The summed E-state index contributed by atoms with van der Waals surface area (Å²) in [6, 6.07) is 5.13. The fourth-order valence-electron chi connectivity index (χ4n) is 4.76. The Hall–Kier alpha value is -2.75. The predicted octanol–water partition coefficient (Wildman–Crippen LogP) is 2.28. The van der Waals surface area contributed by atoms with Crippen molar-refractivity contribution in [3.05, 3.63) is 23.9 Å². The number of ether oxygens (including phenoxy) is 3. The van der Waals surface area contributed by atoms with Gasteiger partial charge in [-0.15, -0.1) is 0 Å². The zero-order chi connectivity index (χ0) is 22.3. The van der Waals surface area contributed by atoms with Gasteiger partial charge >= 0.3 is 0 Å². The fourth-order valence-corrected chi connectivity index (χ4v) is 5.90. The van der Waals surface area contributed by atoms with Gasteiger partial charge in [-0.25, -0.2) is 8.42 Å². The third-order valence-electron chi connectivity index (χ3n) is 6.30. The molecule has 2 aromatic rings. The molecule has 2 aliphatic heterocycles. The molecular formula is C21H27N3O6S. The van der Waals surface area contributed by atoms with Gasteiger partial charge in [0.15, 0.2) is 11.5 Å². The Morgan fingerprint density at radius 1 is 1.03 bits per heavy atom. The van der Waals surface area contributed by atoms with Gasteiger partial charge in [-0.1, -0.05) is 0 Å². The third-order valence-corrected chi connectivity index (χ3v) is 7.89. The summed E-state index contributed by atoms with van der Waals surface area (Å²) in [5.74, 6) is 1.32. The van der Waals surface area contributed by atoms with E-state index in [-0.39, 0.29) is 23.2 Å². The minimum absolute atomic E-state index is 0.0566. The molecule has 1 N–H and O–H groups in total. The van der Waals surface area contributed by atoms with Gasteiger partial charge in [-0.3, -0.25) is 9.89 Å². The summed E-state index contributed by atoms with van der Waals surface area (Å²) >= 11 is 0. The fraction of sp³-hybridized carbons (Fsp3) is 0.524. The number of nitrogens with one attached hydrogen (secondary N) is 1. The number of benzene rings is 1. The summed E-state index contributed by atoms with van der Waals surface area (Å²) < 4.78 is 40.2. The van der Waals surface area contributed by atoms with Gasteiger partial charge < -0.3 is 19.1 Å². The highest BCUT2D eigenvalue weighted by Crippen LogP contribution is 2.42. The van der Waals surface area contributed by atoms with Gasteiger partial charge in [0.2, 0.25) is 5.75 Å². The molecule has 1 aromatic heterocycles. The largest absolute Gasteiger partial charge is 0.493 e. The van der Waals surface area contributed by atoms with Gasteiger partial charge in [0.1, 0.15) is 15.5 Å². The number of aromatic nitrogens is 2. The number of aromatic amines is 1. The Labute approximate surface area is 181 Å². The maximum absolute atomic E-state index is 13.2. The van der Waals surface area contributed by atoms with Crippen LogP contribution in [0.15, 0.2) is 18.2 Å². The molecule has 0 aliphatic carbocycles. The molecule has 2 unspecified atom stereocenters. The van der Waals surface area contributed by atoms with E-state index in [1.165, 1.54) is 27.6 Å². The number of hydrogen-bond acceptors (Lipinski definition) is 7. The number of carbonyl (C=O) groups is 1. The van der Waals surface area contributed by atoms with E-state index >= 15 is 0 Å². The number of nitrogens with zero attached hydrogens (tertiary/aromatic N) is 2. The molecule has 4 rings (SSSR count). The second-order valence-electron chi connectivity index (χ2n) is 8.10. The smallest absolute Gasteiger partial charge is 0.272 e. The number of rotatable bonds is 6. The molecule has 2 atom stereocenters. The third kappa shape index (κ3) is 3.84. The summed E-state index contributed by atoms with van der Waals surface area (Å²) in [6.07, 6.45) is 3.93. The number of hydrogen-bond donors (Lipinski definition) is 1. The van der Waals surface area contributed by atoms with Crippen LogP contribution in [0.2, 0.25) is 0 Å². The number of fused-ring (bicyclic) bond motifs is 2. The number of H-pyrrole nitrogens is 1. The van der Waals surface area contributed by atoms with Gasteiger partial charge in [-0.05, 0) is 43.9 Å². The lowest BCUT2D eigenvalue weighted by atomic mass is 10.0. The molecule has 2 bridgehead atoms. The Bertz CT molecular complexity index is 1060. The van der Waals surface area contributed by atoms with Gasteiger partial charge in [-0.2, -0.15) is 5.10 Å². The summed E-state index contributed by atoms with van der Waals surface area (Å²) in [7, 11) is 1.50. The molecule has 10 heteroatoms. The topological polar surface area (TPSA) is 111 Å². The molecule has 31 heavy (non-hydrogen) atoms. The second-order valence-corrected chi connectivity index (χ2v) is 10.4. The Balaban J connectivity index is 1.60. The van der Waals surface area contributed by atoms with Crippen molar-refractivity contribution in [2.24, 2.45) is 0 Å². The molecule has 1 amide bonds. The van der Waals surface area contributed by atoms with E-state index in [0.717, 1.165) is 12.8 Å². The van der Waals surface area contributed by atoms with Crippen LogP contribution in [0.4, 0.5) is 0 Å². The monoisotopic (exact) mass is 449 g/mol. The van der Waals surface area contributed by atoms with E-state index in [2.05, 4.69) is 10.2 Å². The lowest BCUT2D eigenvalue weighted by Crippen LogP contribution is -2.49. The van der Waals surface area contributed by atoms with E-state index in [1.54, 1.807) is 18.2 Å². The van der Waals surface area contributed by atoms with Crippen LogP contribution in [0.1, 0.15) is 36.2 Å². The number of methoxy groups -OCH3 is 3. The van der Waals surface area contributed by atoms with Crippen molar-refractivity contribution in [3.8, 4) is 28.5 Å². The van der Waals surface area contributed by atoms with Crippen LogP contribution >= 0.6 is 0 Å². The van der Waals surface area contributed by atoms with Crippen LogP contribution < -0.4 is 14.2 Å². The van der Waals surface area contributed by atoms with Crippen molar-refractivity contribution < 1.29 is 27.4 Å². The summed E-state index contributed by atoms with van der Waals surface area (Å²) in [5, 5.41) is 6.79.